The molecule has 0 aliphatic carbocycles. The van der Waals surface area contributed by atoms with Crippen LogP contribution in [0.15, 0.2) is 12.2 Å². The zero-order valence-corrected chi connectivity index (χ0v) is 13.3. The van der Waals surface area contributed by atoms with Crippen LogP contribution < -0.4 is 10.6 Å². The monoisotopic (exact) mass is 270 g/mol. The van der Waals surface area contributed by atoms with E-state index in [-0.39, 0.29) is 6.09 Å². The van der Waals surface area contributed by atoms with Gasteiger partial charge in [-0.05, 0) is 39.2 Å². The van der Waals surface area contributed by atoms with Crippen molar-refractivity contribution in [3.63, 3.8) is 0 Å². The highest BCUT2D eigenvalue weighted by Crippen LogP contribution is 2.16. The summed E-state index contributed by atoms with van der Waals surface area (Å²) in [5, 5.41) is 6.02. The second-order valence-electron chi connectivity index (χ2n) is 6.87. The molecule has 19 heavy (non-hydrogen) atoms. The first-order valence-electron chi connectivity index (χ1n) is 6.93. The van der Waals surface area contributed by atoms with E-state index in [9.17, 15) is 4.79 Å². The van der Waals surface area contributed by atoms with Gasteiger partial charge in [0.2, 0.25) is 0 Å². The van der Waals surface area contributed by atoms with Crippen LogP contribution in [0.1, 0.15) is 48.0 Å². The van der Waals surface area contributed by atoms with Gasteiger partial charge < -0.3 is 15.4 Å². The summed E-state index contributed by atoms with van der Waals surface area (Å²) in [5.41, 5.74) is -0.0721. The average molecular weight is 270 g/mol. The van der Waals surface area contributed by atoms with Crippen LogP contribution in [0.2, 0.25) is 0 Å². The summed E-state index contributed by atoms with van der Waals surface area (Å²) in [4.78, 5) is 11.3. The van der Waals surface area contributed by atoms with Crippen LogP contribution in [0.4, 0.5) is 4.79 Å². The molecule has 0 spiro atoms. The van der Waals surface area contributed by atoms with Crippen LogP contribution in [-0.4, -0.2) is 31.3 Å². The van der Waals surface area contributed by atoms with Crippen molar-refractivity contribution in [3.8, 4) is 0 Å². The van der Waals surface area contributed by atoms with Gasteiger partial charge in [0.15, 0.2) is 0 Å². The molecule has 0 radical (unpaired) electrons. The fraction of sp³-hybridized carbons (Fsp3) is 0.800. The van der Waals surface area contributed by atoms with Crippen LogP contribution >= 0.6 is 0 Å². The van der Waals surface area contributed by atoms with E-state index in [1.165, 1.54) is 0 Å². The van der Waals surface area contributed by atoms with E-state index in [0.717, 1.165) is 19.5 Å². The number of hydrogen-bond acceptors (Lipinski definition) is 3. The van der Waals surface area contributed by atoms with Crippen LogP contribution in [0.3, 0.4) is 0 Å². The first-order valence-corrected chi connectivity index (χ1v) is 6.93. The van der Waals surface area contributed by atoms with Crippen molar-refractivity contribution in [3.05, 3.63) is 12.2 Å². The molecule has 4 nitrogen and oxygen atoms in total. The minimum Gasteiger partial charge on any atom is -0.444 e. The second kappa shape index (κ2) is 8.20. The van der Waals surface area contributed by atoms with Gasteiger partial charge in [0.25, 0.3) is 0 Å². The largest absolute Gasteiger partial charge is 0.444 e. The number of ether oxygens (including phenoxy) is 1. The Morgan fingerprint density at radius 3 is 2.16 bits per heavy atom. The highest BCUT2D eigenvalue weighted by Gasteiger charge is 2.14. The van der Waals surface area contributed by atoms with E-state index in [2.05, 4.69) is 31.4 Å². The predicted molar refractivity (Wildman–Crippen MR) is 80.3 cm³/mol. The Labute approximate surface area is 118 Å². The van der Waals surface area contributed by atoms with E-state index < -0.39 is 5.60 Å². The van der Waals surface area contributed by atoms with E-state index in [1.807, 2.05) is 32.9 Å². The first-order chi connectivity index (χ1) is 8.60. The topological polar surface area (TPSA) is 50.4 Å². The fourth-order valence-electron chi connectivity index (χ4n) is 1.27. The van der Waals surface area contributed by atoms with E-state index >= 15 is 0 Å². The second-order valence-corrected chi connectivity index (χ2v) is 6.87. The zero-order chi connectivity index (χ0) is 14.9. The van der Waals surface area contributed by atoms with Crippen molar-refractivity contribution in [2.24, 2.45) is 5.41 Å². The third-order valence-corrected chi connectivity index (χ3v) is 2.24. The standard InChI is InChI=1S/C15H30N2O2/c1-14(2,3)9-12-16-10-7-8-11-17-13(18)19-15(4,5)6/h7-8,16H,9-12H2,1-6H3,(H,17,18)/b8-7+. The number of nitrogens with one attached hydrogen (secondary N) is 2. The lowest BCUT2D eigenvalue weighted by Gasteiger charge is -2.19. The molecule has 0 aliphatic heterocycles. The summed E-state index contributed by atoms with van der Waals surface area (Å²) in [6.45, 7) is 14.6. The number of alkyl carbamates (subject to hydrolysis) is 1. The lowest BCUT2D eigenvalue weighted by Crippen LogP contribution is -2.32. The number of carbonyl (C=O) groups excluding carboxylic acids is 1. The molecule has 0 fully saturated rings. The summed E-state index contributed by atoms with van der Waals surface area (Å²) >= 11 is 0. The SMILES string of the molecule is CC(C)(C)CCNC/C=C/CNC(=O)OC(C)(C)C. The lowest BCUT2D eigenvalue weighted by molar-refractivity contribution is 0.0534. The summed E-state index contributed by atoms with van der Waals surface area (Å²) in [7, 11) is 0. The summed E-state index contributed by atoms with van der Waals surface area (Å²) < 4.78 is 5.12. The van der Waals surface area contributed by atoms with Crippen LogP contribution in [-0.2, 0) is 4.74 Å². The molecule has 4 heteroatoms. The van der Waals surface area contributed by atoms with Crippen LogP contribution in [0.5, 0.6) is 0 Å². The highest BCUT2D eigenvalue weighted by molar-refractivity contribution is 5.67. The maximum Gasteiger partial charge on any atom is 0.407 e. The molecule has 0 bridgehead atoms. The van der Waals surface area contributed by atoms with E-state index in [0.29, 0.717) is 12.0 Å². The number of amides is 1. The molecular weight excluding hydrogens is 240 g/mol. The molecule has 0 saturated carbocycles. The molecule has 0 aromatic heterocycles. The zero-order valence-electron chi connectivity index (χ0n) is 13.3. The molecule has 2 N–H and O–H groups in total. The smallest absolute Gasteiger partial charge is 0.407 e. The highest BCUT2D eigenvalue weighted by atomic mass is 16.6. The van der Waals surface area contributed by atoms with Gasteiger partial charge in [0, 0.05) is 13.1 Å². The van der Waals surface area contributed by atoms with Gasteiger partial charge in [0.1, 0.15) is 5.60 Å². The Morgan fingerprint density at radius 1 is 1.05 bits per heavy atom. The lowest BCUT2D eigenvalue weighted by atomic mass is 9.92. The summed E-state index contributed by atoms with van der Waals surface area (Å²) in [6, 6.07) is 0. The van der Waals surface area contributed by atoms with Crippen molar-refractivity contribution in [1.29, 1.82) is 0 Å². The van der Waals surface area contributed by atoms with Gasteiger partial charge in [-0.25, -0.2) is 4.79 Å². The van der Waals surface area contributed by atoms with Crippen LogP contribution in [0, 0.1) is 5.41 Å². The molecule has 0 heterocycles. The molecule has 0 atom stereocenters. The Hall–Kier alpha value is -1.03. The van der Waals surface area contributed by atoms with Gasteiger partial charge >= 0.3 is 6.09 Å². The Balaban J connectivity index is 3.52. The quantitative estimate of drug-likeness (QED) is 0.576. The molecule has 0 saturated heterocycles. The Bertz CT molecular complexity index is 286. The van der Waals surface area contributed by atoms with Crippen molar-refractivity contribution >= 4 is 6.09 Å². The Kier molecular flexibility index (Phi) is 7.76. The number of hydrogen-bond donors (Lipinski definition) is 2. The molecule has 0 aliphatic rings. The Morgan fingerprint density at radius 2 is 1.63 bits per heavy atom. The molecular formula is C15H30N2O2. The maximum absolute atomic E-state index is 11.3. The van der Waals surface area contributed by atoms with Gasteiger partial charge in [-0.3, -0.25) is 0 Å². The average Bonchev–Trinajstić information content (AvgIpc) is 2.17. The van der Waals surface area contributed by atoms with Crippen molar-refractivity contribution < 1.29 is 9.53 Å². The normalized spacial score (nSPS) is 12.7. The maximum atomic E-state index is 11.3. The summed E-state index contributed by atoms with van der Waals surface area (Å²) in [6.07, 6.45) is 4.71. The van der Waals surface area contributed by atoms with E-state index in [1.54, 1.807) is 0 Å². The minimum atomic E-state index is -0.442. The van der Waals surface area contributed by atoms with Crippen molar-refractivity contribution in [1.82, 2.24) is 10.6 Å². The molecule has 0 unspecified atom stereocenters. The fourth-order valence-corrected chi connectivity index (χ4v) is 1.27. The van der Waals surface area contributed by atoms with Crippen LogP contribution in [0.25, 0.3) is 0 Å². The first kappa shape index (κ1) is 18.0. The number of rotatable bonds is 6. The summed E-state index contributed by atoms with van der Waals surface area (Å²) in [5.74, 6) is 0. The third kappa shape index (κ3) is 14.9. The van der Waals surface area contributed by atoms with E-state index in [4.69, 9.17) is 4.74 Å². The van der Waals surface area contributed by atoms with Crippen molar-refractivity contribution in [2.75, 3.05) is 19.6 Å². The predicted octanol–water partition coefficient (Wildman–Crippen LogP) is 3.09. The number of carbonyl (C=O) groups is 1. The van der Waals surface area contributed by atoms with Crippen molar-refractivity contribution in [2.45, 2.75) is 53.6 Å². The molecule has 112 valence electrons. The van der Waals surface area contributed by atoms with Gasteiger partial charge in [-0.15, -0.1) is 0 Å². The molecule has 0 rings (SSSR count). The molecule has 1 amide bonds. The third-order valence-electron chi connectivity index (χ3n) is 2.24. The van der Waals surface area contributed by atoms with Gasteiger partial charge in [-0.1, -0.05) is 32.9 Å². The molecule has 0 aromatic rings. The van der Waals surface area contributed by atoms with Gasteiger partial charge in [-0.2, -0.15) is 0 Å². The minimum absolute atomic E-state index is 0.370. The van der Waals surface area contributed by atoms with Gasteiger partial charge in [0.05, 0.1) is 0 Å². The molecule has 0 aromatic carbocycles.